The zero-order chi connectivity index (χ0) is 15.1. The van der Waals surface area contributed by atoms with E-state index in [0.717, 1.165) is 17.8 Å². The fourth-order valence-electron chi connectivity index (χ4n) is 2.14. The van der Waals surface area contributed by atoms with Crippen molar-refractivity contribution >= 4 is 11.6 Å². The van der Waals surface area contributed by atoms with Crippen molar-refractivity contribution in [3.8, 4) is 0 Å². The fraction of sp³-hybridized carbons (Fsp3) is 0.235. The van der Waals surface area contributed by atoms with Crippen LogP contribution >= 0.6 is 0 Å². The Labute approximate surface area is 125 Å². The molecule has 0 saturated heterocycles. The SMILES string of the molecule is NCC(Cc1ccc(NCc2ccccc2)cc1)C(N)=O. The summed E-state index contributed by atoms with van der Waals surface area (Å²) in [4.78, 5) is 11.2. The second kappa shape index (κ2) is 7.45. The maximum Gasteiger partial charge on any atom is 0.222 e. The standard InChI is InChI=1S/C17H21N3O/c18-11-15(17(19)21)10-13-6-8-16(9-7-13)20-12-14-4-2-1-3-5-14/h1-9,15,20H,10-12,18H2,(H2,19,21). The third kappa shape index (κ3) is 4.61. The number of hydrogen-bond donors (Lipinski definition) is 3. The van der Waals surface area contributed by atoms with Crippen LogP contribution in [-0.4, -0.2) is 12.5 Å². The number of rotatable bonds is 7. The van der Waals surface area contributed by atoms with Gasteiger partial charge >= 0.3 is 0 Å². The van der Waals surface area contributed by atoms with Crippen molar-refractivity contribution in [2.45, 2.75) is 13.0 Å². The molecule has 0 aromatic heterocycles. The smallest absolute Gasteiger partial charge is 0.222 e. The van der Waals surface area contributed by atoms with Crippen molar-refractivity contribution < 1.29 is 4.79 Å². The lowest BCUT2D eigenvalue weighted by molar-refractivity contribution is -0.121. The first kappa shape index (κ1) is 15.1. The Morgan fingerprint density at radius 2 is 1.67 bits per heavy atom. The molecule has 21 heavy (non-hydrogen) atoms. The summed E-state index contributed by atoms with van der Waals surface area (Å²) in [5.74, 6) is -0.642. The van der Waals surface area contributed by atoms with E-state index in [9.17, 15) is 4.79 Å². The summed E-state index contributed by atoms with van der Waals surface area (Å²) in [7, 11) is 0. The first-order chi connectivity index (χ1) is 10.2. The Kier molecular flexibility index (Phi) is 5.35. The van der Waals surface area contributed by atoms with Gasteiger partial charge in [0.05, 0.1) is 5.92 Å². The molecule has 1 amide bonds. The van der Waals surface area contributed by atoms with Gasteiger partial charge in [0.2, 0.25) is 5.91 Å². The first-order valence-corrected chi connectivity index (χ1v) is 7.05. The van der Waals surface area contributed by atoms with Crippen LogP contribution in [0, 0.1) is 5.92 Å². The molecule has 0 aliphatic heterocycles. The lowest BCUT2D eigenvalue weighted by Crippen LogP contribution is -2.31. The van der Waals surface area contributed by atoms with Gasteiger partial charge in [0.15, 0.2) is 0 Å². The molecule has 0 bridgehead atoms. The highest BCUT2D eigenvalue weighted by atomic mass is 16.1. The number of benzene rings is 2. The van der Waals surface area contributed by atoms with Crippen LogP contribution in [0.25, 0.3) is 0 Å². The van der Waals surface area contributed by atoms with Crippen LogP contribution in [0.3, 0.4) is 0 Å². The van der Waals surface area contributed by atoms with Gasteiger partial charge in [-0.3, -0.25) is 4.79 Å². The highest BCUT2D eigenvalue weighted by Crippen LogP contribution is 2.14. The van der Waals surface area contributed by atoms with Crippen LogP contribution in [0.1, 0.15) is 11.1 Å². The van der Waals surface area contributed by atoms with Gasteiger partial charge in [0, 0.05) is 18.8 Å². The molecule has 5 N–H and O–H groups in total. The number of hydrogen-bond acceptors (Lipinski definition) is 3. The molecule has 0 radical (unpaired) electrons. The zero-order valence-corrected chi connectivity index (χ0v) is 12.0. The lowest BCUT2D eigenvalue weighted by atomic mass is 9.99. The quantitative estimate of drug-likeness (QED) is 0.726. The van der Waals surface area contributed by atoms with E-state index in [1.54, 1.807) is 0 Å². The van der Waals surface area contributed by atoms with E-state index >= 15 is 0 Å². The summed E-state index contributed by atoms with van der Waals surface area (Å²) in [5, 5.41) is 3.36. The summed E-state index contributed by atoms with van der Waals surface area (Å²) >= 11 is 0. The largest absolute Gasteiger partial charge is 0.381 e. The third-order valence-electron chi connectivity index (χ3n) is 3.46. The van der Waals surface area contributed by atoms with E-state index in [1.165, 1.54) is 5.56 Å². The first-order valence-electron chi connectivity index (χ1n) is 7.05. The molecular weight excluding hydrogens is 262 g/mol. The van der Waals surface area contributed by atoms with E-state index in [-0.39, 0.29) is 18.4 Å². The molecule has 0 heterocycles. The zero-order valence-electron chi connectivity index (χ0n) is 12.0. The van der Waals surface area contributed by atoms with Crippen molar-refractivity contribution in [1.82, 2.24) is 0 Å². The second-order valence-corrected chi connectivity index (χ2v) is 5.08. The molecule has 1 atom stereocenters. The summed E-state index contributed by atoms with van der Waals surface area (Å²) < 4.78 is 0. The molecule has 0 fully saturated rings. The summed E-state index contributed by atoms with van der Waals surface area (Å²) in [5.41, 5.74) is 14.2. The molecule has 4 heteroatoms. The number of carbonyl (C=O) groups excluding carboxylic acids is 1. The van der Waals surface area contributed by atoms with Gasteiger partial charge in [0.25, 0.3) is 0 Å². The van der Waals surface area contributed by atoms with E-state index in [1.807, 2.05) is 42.5 Å². The van der Waals surface area contributed by atoms with Crippen molar-refractivity contribution in [2.75, 3.05) is 11.9 Å². The van der Waals surface area contributed by atoms with Crippen LogP contribution in [-0.2, 0) is 17.8 Å². The van der Waals surface area contributed by atoms with Crippen molar-refractivity contribution in [3.05, 3.63) is 65.7 Å². The minimum atomic E-state index is -0.344. The Morgan fingerprint density at radius 1 is 1.00 bits per heavy atom. The number of anilines is 1. The topological polar surface area (TPSA) is 81.1 Å². The number of nitrogens with one attached hydrogen (secondary N) is 1. The van der Waals surface area contributed by atoms with Gasteiger partial charge < -0.3 is 16.8 Å². The van der Waals surface area contributed by atoms with Gasteiger partial charge in [0.1, 0.15) is 0 Å². The molecule has 2 aromatic rings. The van der Waals surface area contributed by atoms with Crippen LogP contribution in [0.4, 0.5) is 5.69 Å². The Balaban J connectivity index is 1.91. The van der Waals surface area contributed by atoms with Crippen LogP contribution < -0.4 is 16.8 Å². The van der Waals surface area contributed by atoms with E-state index in [0.29, 0.717) is 6.42 Å². The summed E-state index contributed by atoms with van der Waals surface area (Å²) in [6, 6.07) is 18.2. The summed E-state index contributed by atoms with van der Waals surface area (Å²) in [6.45, 7) is 1.07. The minimum absolute atomic E-state index is 0.281. The van der Waals surface area contributed by atoms with Crippen molar-refractivity contribution in [2.24, 2.45) is 17.4 Å². The monoisotopic (exact) mass is 283 g/mol. The molecule has 4 nitrogen and oxygen atoms in total. The second-order valence-electron chi connectivity index (χ2n) is 5.08. The van der Waals surface area contributed by atoms with Gasteiger partial charge in [-0.2, -0.15) is 0 Å². The normalized spacial score (nSPS) is 11.9. The maximum absolute atomic E-state index is 11.2. The molecular formula is C17H21N3O. The Bertz CT molecular complexity index is 566. The molecule has 0 aliphatic carbocycles. The molecule has 0 aliphatic rings. The highest BCUT2D eigenvalue weighted by molar-refractivity contribution is 5.77. The van der Waals surface area contributed by atoms with E-state index in [2.05, 4.69) is 17.4 Å². The number of amides is 1. The van der Waals surface area contributed by atoms with Gasteiger partial charge in [-0.15, -0.1) is 0 Å². The third-order valence-corrected chi connectivity index (χ3v) is 3.46. The molecule has 110 valence electrons. The molecule has 1 unspecified atom stereocenters. The van der Waals surface area contributed by atoms with Gasteiger partial charge in [-0.1, -0.05) is 42.5 Å². The maximum atomic E-state index is 11.2. The number of carbonyl (C=O) groups is 1. The molecule has 0 spiro atoms. The fourth-order valence-corrected chi connectivity index (χ4v) is 2.14. The van der Waals surface area contributed by atoms with Crippen LogP contribution in [0.15, 0.2) is 54.6 Å². The number of primary amides is 1. The van der Waals surface area contributed by atoms with E-state index < -0.39 is 0 Å². The van der Waals surface area contributed by atoms with Gasteiger partial charge in [-0.25, -0.2) is 0 Å². The molecule has 0 saturated carbocycles. The van der Waals surface area contributed by atoms with Crippen molar-refractivity contribution in [1.29, 1.82) is 0 Å². The van der Waals surface area contributed by atoms with Gasteiger partial charge in [-0.05, 0) is 29.7 Å². The molecule has 2 aromatic carbocycles. The number of nitrogens with two attached hydrogens (primary N) is 2. The average molecular weight is 283 g/mol. The lowest BCUT2D eigenvalue weighted by Gasteiger charge is -2.11. The van der Waals surface area contributed by atoms with Crippen LogP contribution in [0.2, 0.25) is 0 Å². The van der Waals surface area contributed by atoms with Crippen LogP contribution in [0.5, 0.6) is 0 Å². The minimum Gasteiger partial charge on any atom is -0.381 e. The molecule has 2 rings (SSSR count). The average Bonchev–Trinajstić information content (AvgIpc) is 2.52. The highest BCUT2D eigenvalue weighted by Gasteiger charge is 2.13. The van der Waals surface area contributed by atoms with E-state index in [4.69, 9.17) is 11.5 Å². The summed E-state index contributed by atoms with van der Waals surface area (Å²) in [6.07, 6.45) is 0.588. The Morgan fingerprint density at radius 3 is 2.24 bits per heavy atom. The van der Waals surface area contributed by atoms with Crippen molar-refractivity contribution in [3.63, 3.8) is 0 Å². The Hall–Kier alpha value is -2.33. The predicted octanol–water partition coefficient (Wildman–Crippen LogP) is 1.90. The predicted molar refractivity (Wildman–Crippen MR) is 85.7 cm³/mol.